The van der Waals surface area contributed by atoms with Crippen LogP contribution in [0.15, 0.2) is 0 Å². The largest absolute Gasteiger partial charge is 0.483 e. The highest BCUT2D eigenvalue weighted by Gasteiger charge is 2.04. The summed E-state index contributed by atoms with van der Waals surface area (Å²) in [6.45, 7) is 0. The molecule has 11 heavy (non-hydrogen) atoms. The predicted molar refractivity (Wildman–Crippen MR) is 47.0 cm³/mol. The van der Waals surface area contributed by atoms with Crippen LogP contribution in [0, 0.1) is 0 Å². The van der Waals surface area contributed by atoms with Crippen LogP contribution in [-0.2, 0) is 13.3 Å². The van der Waals surface area contributed by atoms with Crippen LogP contribution in [0.25, 0.3) is 0 Å². The van der Waals surface area contributed by atoms with Crippen molar-refractivity contribution in [2.45, 2.75) is 19.3 Å². The normalized spacial score (nSPS) is 13.1. The van der Waals surface area contributed by atoms with Gasteiger partial charge in [0.25, 0.3) is 0 Å². The van der Waals surface area contributed by atoms with E-state index in [-0.39, 0.29) is 6.15 Å². The van der Waals surface area contributed by atoms with Gasteiger partial charge in [0, 0.05) is 21.3 Å². The van der Waals surface area contributed by atoms with Gasteiger partial charge in [0.1, 0.15) is 0 Å². The van der Waals surface area contributed by atoms with Crippen LogP contribution in [0.1, 0.15) is 19.3 Å². The third-order valence-electron chi connectivity index (χ3n) is 0.931. The lowest BCUT2D eigenvalue weighted by Gasteiger charge is -2.05. The molecule has 0 spiro atoms. The molecule has 0 aromatic rings. The molecular weight excluding hydrogens is 162 g/mol. The first kappa shape index (κ1) is 13.6. The molecule has 1 rings (SSSR count). The standard InChI is InChI=1S/C3H10O3Si.C3H6.H3N/c1-4-7(5-2)6-3;1-2-3-1;/h7H,1-3H3;1-3H2;1H3. The Labute approximate surface area is 70.4 Å². The molecule has 0 amide bonds. The van der Waals surface area contributed by atoms with Crippen LogP contribution in [0.4, 0.5) is 0 Å². The molecule has 5 heteroatoms. The summed E-state index contributed by atoms with van der Waals surface area (Å²) in [4.78, 5) is 0. The zero-order valence-corrected chi connectivity index (χ0v) is 8.79. The lowest BCUT2D eigenvalue weighted by molar-refractivity contribution is 0.163. The molecule has 0 radical (unpaired) electrons. The highest BCUT2D eigenvalue weighted by Crippen LogP contribution is 2.14. The van der Waals surface area contributed by atoms with Gasteiger partial charge in [-0.05, 0) is 0 Å². The molecule has 0 atom stereocenters. The Bertz CT molecular complexity index is 60.6. The SMILES string of the molecule is C1CC1.CO[SiH](OC)OC.N. The van der Waals surface area contributed by atoms with Gasteiger partial charge in [0.05, 0.1) is 0 Å². The first-order valence-corrected chi connectivity index (χ1v) is 4.85. The molecule has 0 aromatic carbocycles. The van der Waals surface area contributed by atoms with Crippen molar-refractivity contribution in [3.63, 3.8) is 0 Å². The second-order valence-electron chi connectivity index (χ2n) is 2.06. The van der Waals surface area contributed by atoms with Gasteiger partial charge in [-0.2, -0.15) is 0 Å². The maximum Gasteiger partial charge on any atom is 0.483 e. The Morgan fingerprint density at radius 3 is 1.09 bits per heavy atom. The smallest absolute Gasteiger partial charge is 0.379 e. The molecule has 1 fully saturated rings. The topological polar surface area (TPSA) is 62.7 Å². The van der Waals surface area contributed by atoms with Gasteiger partial charge in [-0.15, -0.1) is 0 Å². The summed E-state index contributed by atoms with van der Waals surface area (Å²) < 4.78 is 14.2. The molecular formula is C6H19NO3Si. The Morgan fingerprint density at radius 1 is 0.818 bits per heavy atom. The second-order valence-corrected chi connectivity index (χ2v) is 4.05. The summed E-state index contributed by atoms with van der Waals surface area (Å²) in [7, 11) is 3.05. The molecule has 0 bridgehead atoms. The van der Waals surface area contributed by atoms with Crippen molar-refractivity contribution in [3.8, 4) is 0 Å². The summed E-state index contributed by atoms with van der Waals surface area (Å²) >= 11 is 0. The van der Waals surface area contributed by atoms with Crippen molar-refractivity contribution in [1.29, 1.82) is 0 Å². The van der Waals surface area contributed by atoms with Gasteiger partial charge < -0.3 is 19.4 Å². The Morgan fingerprint density at radius 2 is 1.09 bits per heavy atom. The highest BCUT2D eigenvalue weighted by atomic mass is 28.3. The third-order valence-corrected chi connectivity index (χ3v) is 2.09. The van der Waals surface area contributed by atoms with Crippen molar-refractivity contribution < 1.29 is 13.3 Å². The van der Waals surface area contributed by atoms with Crippen LogP contribution in [0.3, 0.4) is 0 Å². The van der Waals surface area contributed by atoms with Gasteiger partial charge in [-0.1, -0.05) is 19.3 Å². The number of hydrogen-bond acceptors (Lipinski definition) is 4. The molecule has 0 unspecified atom stereocenters. The van der Waals surface area contributed by atoms with Crippen molar-refractivity contribution in [1.82, 2.24) is 6.15 Å². The average molecular weight is 181 g/mol. The second kappa shape index (κ2) is 10.1. The van der Waals surface area contributed by atoms with Crippen LogP contribution in [0.2, 0.25) is 0 Å². The van der Waals surface area contributed by atoms with E-state index in [2.05, 4.69) is 0 Å². The molecule has 0 heterocycles. The Balaban J connectivity index is 0. The summed E-state index contributed by atoms with van der Waals surface area (Å²) in [5.74, 6) is 0. The monoisotopic (exact) mass is 181 g/mol. The van der Waals surface area contributed by atoms with Crippen molar-refractivity contribution in [3.05, 3.63) is 0 Å². The molecule has 0 aromatic heterocycles. The molecule has 4 nitrogen and oxygen atoms in total. The van der Waals surface area contributed by atoms with E-state index in [0.29, 0.717) is 0 Å². The number of rotatable bonds is 3. The van der Waals surface area contributed by atoms with E-state index in [1.54, 1.807) is 21.3 Å². The first-order valence-electron chi connectivity index (χ1n) is 3.43. The maximum atomic E-state index is 4.74. The quantitative estimate of drug-likeness (QED) is 0.659. The van der Waals surface area contributed by atoms with E-state index in [4.69, 9.17) is 13.3 Å². The summed E-state index contributed by atoms with van der Waals surface area (Å²) in [5, 5.41) is 0. The van der Waals surface area contributed by atoms with Gasteiger partial charge >= 0.3 is 9.53 Å². The van der Waals surface area contributed by atoms with Crippen LogP contribution < -0.4 is 6.15 Å². The Kier molecular flexibility index (Phi) is 12.5. The van der Waals surface area contributed by atoms with Crippen molar-refractivity contribution in [2.75, 3.05) is 21.3 Å². The Hall–Kier alpha value is 0.0569. The fraction of sp³-hybridized carbons (Fsp3) is 1.00. The summed E-state index contributed by atoms with van der Waals surface area (Å²) in [5.41, 5.74) is 0. The lowest BCUT2D eigenvalue weighted by atomic mass is 11.0. The lowest BCUT2D eigenvalue weighted by Crippen LogP contribution is -2.21. The zero-order chi connectivity index (χ0) is 7.82. The first-order chi connectivity index (χ1) is 4.85. The minimum absolute atomic E-state index is 0. The molecule has 1 aliphatic carbocycles. The van der Waals surface area contributed by atoms with Crippen LogP contribution >= 0.6 is 0 Å². The van der Waals surface area contributed by atoms with Crippen molar-refractivity contribution in [2.24, 2.45) is 0 Å². The third kappa shape index (κ3) is 13.1. The summed E-state index contributed by atoms with van der Waals surface area (Å²) in [6.07, 6.45) is 4.50. The minimum Gasteiger partial charge on any atom is -0.379 e. The maximum absolute atomic E-state index is 4.74. The average Bonchev–Trinajstić information content (AvgIpc) is 2.76. The van der Waals surface area contributed by atoms with E-state index in [0.717, 1.165) is 0 Å². The van der Waals surface area contributed by atoms with E-state index >= 15 is 0 Å². The van der Waals surface area contributed by atoms with Crippen LogP contribution in [-0.4, -0.2) is 30.9 Å². The number of hydrogen-bond donors (Lipinski definition) is 1. The predicted octanol–water partition coefficient (Wildman–Crippen LogP) is 0.975. The molecule has 70 valence electrons. The van der Waals surface area contributed by atoms with Gasteiger partial charge in [-0.25, -0.2) is 0 Å². The molecule has 0 aliphatic heterocycles. The van der Waals surface area contributed by atoms with Gasteiger partial charge in [-0.3, -0.25) is 0 Å². The highest BCUT2D eigenvalue weighted by molar-refractivity contribution is 6.36. The zero-order valence-electron chi connectivity index (χ0n) is 7.63. The van der Waals surface area contributed by atoms with Gasteiger partial charge in [0.2, 0.25) is 0 Å². The van der Waals surface area contributed by atoms with E-state index < -0.39 is 9.53 Å². The molecule has 1 saturated carbocycles. The fourth-order valence-corrected chi connectivity index (χ4v) is 0.866. The molecule has 3 N–H and O–H groups in total. The molecule has 0 saturated heterocycles. The minimum atomic E-state index is -1.67. The van der Waals surface area contributed by atoms with E-state index in [1.807, 2.05) is 0 Å². The van der Waals surface area contributed by atoms with Gasteiger partial charge in [0.15, 0.2) is 0 Å². The summed E-state index contributed by atoms with van der Waals surface area (Å²) in [6, 6.07) is 0. The fourth-order valence-electron chi connectivity index (χ4n) is 0.289. The van der Waals surface area contributed by atoms with E-state index in [1.165, 1.54) is 19.3 Å². The van der Waals surface area contributed by atoms with Crippen LogP contribution in [0.5, 0.6) is 0 Å². The molecule has 1 aliphatic rings. The van der Waals surface area contributed by atoms with Crippen molar-refractivity contribution >= 4 is 9.53 Å². The van der Waals surface area contributed by atoms with E-state index in [9.17, 15) is 0 Å².